The molecule has 0 radical (unpaired) electrons. The number of hydrogen-bond donors (Lipinski definition) is 0. The highest BCUT2D eigenvalue weighted by atomic mass is 14.8. The van der Waals surface area contributed by atoms with Crippen molar-refractivity contribution in [3.8, 4) is 12.1 Å². The summed E-state index contributed by atoms with van der Waals surface area (Å²) < 4.78 is 0. The molecule has 1 aromatic carbocycles. The van der Waals surface area contributed by atoms with Crippen LogP contribution in [0, 0.1) is 34.0 Å². The summed E-state index contributed by atoms with van der Waals surface area (Å²) in [4.78, 5) is 0. The number of fused-ring (bicyclic) bond motifs is 4. The topological polar surface area (TPSA) is 47.6 Å². The lowest BCUT2D eigenvalue weighted by molar-refractivity contribution is 0.311. The van der Waals surface area contributed by atoms with Gasteiger partial charge in [-0.3, -0.25) is 0 Å². The van der Waals surface area contributed by atoms with Crippen LogP contribution in [0.4, 0.5) is 0 Å². The molecule has 0 bridgehead atoms. The second-order valence-electron chi connectivity index (χ2n) is 4.84. The van der Waals surface area contributed by atoms with Gasteiger partial charge in [-0.15, -0.1) is 0 Å². The van der Waals surface area contributed by atoms with Crippen molar-refractivity contribution in [1.82, 2.24) is 0 Å². The van der Waals surface area contributed by atoms with Crippen LogP contribution in [0.3, 0.4) is 0 Å². The summed E-state index contributed by atoms with van der Waals surface area (Å²) >= 11 is 0. The molecule has 2 nitrogen and oxygen atoms in total. The highest BCUT2D eigenvalue weighted by molar-refractivity contribution is 5.64. The van der Waals surface area contributed by atoms with E-state index in [0.29, 0.717) is 17.8 Å². The number of rotatable bonds is 0. The lowest BCUT2D eigenvalue weighted by Crippen LogP contribution is -2.24. The van der Waals surface area contributed by atoms with Gasteiger partial charge in [-0.25, -0.2) is 0 Å². The molecule has 4 atom stereocenters. The van der Waals surface area contributed by atoms with Crippen molar-refractivity contribution >= 4 is 0 Å². The van der Waals surface area contributed by atoms with Crippen molar-refractivity contribution in [2.45, 2.75) is 18.3 Å². The van der Waals surface area contributed by atoms with Crippen molar-refractivity contribution in [1.29, 1.82) is 10.5 Å². The molecule has 2 heteroatoms. The maximum Gasteiger partial charge on any atom is 0.0994 e. The number of hydrogen-bond acceptors (Lipinski definition) is 2. The molecule has 15 heavy (non-hydrogen) atoms. The zero-order valence-corrected chi connectivity index (χ0v) is 8.07. The predicted molar refractivity (Wildman–Crippen MR) is 52.8 cm³/mol. The van der Waals surface area contributed by atoms with E-state index in [9.17, 15) is 5.26 Å². The average molecular weight is 192 g/mol. The number of nitrogens with zero attached hydrogens (tertiary/aromatic N) is 2. The summed E-state index contributed by atoms with van der Waals surface area (Å²) in [6.07, 6.45) is 1.17. The maximum atomic E-state index is 9.27. The molecule has 4 rings (SSSR count). The van der Waals surface area contributed by atoms with Crippen molar-refractivity contribution < 1.29 is 0 Å². The zero-order valence-electron chi connectivity index (χ0n) is 8.07. The van der Waals surface area contributed by atoms with E-state index in [-0.39, 0.29) is 5.41 Å². The number of benzene rings is 1. The molecule has 1 aromatic rings. The minimum atomic E-state index is -0.0880. The Kier molecular flexibility index (Phi) is 0.960. The fraction of sp³-hybridized carbons (Fsp3) is 0.385. The van der Waals surface area contributed by atoms with Crippen molar-refractivity contribution in [3.05, 3.63) is 34.9 Å². The van der Waals surface area contributed by atoms with Gasteiger partial charge in [0.15, 0.2) is 0 Å². The Hall–Kier alpha value is -1.80. The predicted octanol–water partition coefficient (Wildman–Crippen LogP) is 2.28. The van der Waals surface area contributed by atoms with E-state index in [1.807, 2.05) is 12.1 Å². The van der Waals surface area contributed by atoms with Gasteiger partial charge in [-0.05, 0) is 29.5 Å². The molecule has 3 aliphatic rings. The van der Waals surface area contributed by atoms with E-state index in [1.54, 1.807) is 0 Å². The fourth-order valence-electron chi connectivity index (χ4n) is 3.96. The maximum absolute atomic E-state index is 9.27. The lowest BCUT2D eigenvalue weighted by atomic mass is 9.70. The van der Waals surface area contributed by atoms with Crippen LogP contribution in [0.25, 0.3) is 0 Å². The monoisotopic (exact) mass is 192 g/mol. The summed E-state index contributed by atoms with van der Waals surface area (Å²) in [7, 11) is 0. The van der Waals surface area contributed by atoms with Crippen LogP contribution in [0.15, 0.2) is 18.2 Å². The second-order valence-corrected chi connectivity index (χ2v) is 4.84. The smallest absolute Gasteiger partial charge is 0.0994 e. The Labute approximate surface area is 87.8 Å². The Bertz CT molecular complexity index is 575. The molecule has 0 N–H and O–H groups in total. The summed E-state index contributed by atoms with van der Waals surface area (Å²) in [6, 6.07) is 10.7. The highest BCUT2D eigenvalue weighted by Crippen LogP contribution is 2.87. The van der Waals surface area contributed by atoms with Crippen LogP contribution in [-0.4, -0.2) is 0 Å². The van der Waals surface area contributed by atoms with Gasteiger partial charge in [0, 0.05) is 11.8 Å². The Morgan fingerprint density at radius 3 is 2.93 bits per heavy atom. The summed E-state index contributed by atoms with van der Waals surface area (Å²) in [5.74, 6) is 1.38. The van der Waals surface area contributed by atoms with Crippen LogP contribution in [0.1, 0.15) is 34.9 Å². The van der Waals surface area contributed by atoms with Gasteiger partial charge in [-0.1, -0.05) is 12.1 Å². The minimum Gasteiger partial charge on any atom is -0.198 e. The minimum absolute atomic E-state index is 0.0880. The first kappa shape index (κ1) is 7.49. The van der Waals surface area contributed by atoms with Gasteiger partial charge < -0.3 is 0 Å². The molecule has 0 aromatic heterocycles. The molecular formula is C13H8N2. The first-order valence-electron chi connectivity index (χ1n) is 5.28. The standard InChI is InChI=1S/C13H8N2/c14-5-7-2-1-3-8-9-4-10-12(11(7)8)13(9,10)6-15/h1-3,9-10,12H,4H2. The Balaban J connectivity index is 2.02. The SMILES string of the molecule is N#Cc1cccc2c1C1C3CC2C31C#N. The quantitative estimate of drug-likeness (QED) is 0.633. The van der Waals surface area contributed by atoms with E-state index in [2.05, 4.69) is 18.2 Å². The van der Waals surface area contributed by atoms with Crippen molar-refractivity contribution in [3.63, 3.8) is 0 Å². The average Bonchev–Trinajstić information content (AvgIpc) is 2.69. The van der Waals surface area contributed by atoms with Gasteiger partial charge in [0.05, 0.1) is 23.1 Å². The van der Waals surface area contributed by atoms with Crippen LogP contribution >= 0.6 is 0 Å². The first-order chi connectivity index (χ1) is 7.34. The zero-order chi connectivity index (χ0) is 10.2. The molecule has 0 aliphatic heterocycles. The third-order valence-corrected chi connectivity index (χ3v) is 4.63. The first-order valence-corrected chi connectivity index (χ1v) is 5.28. The fourth-order valence-corrected chi connectivity index (χ4v) is 3.96. The molecule has 70 valence electrons. The molecule has 2 fully saturated rings. The summed E-state index contributed by atoms with van der Waals surface area (Å²) in [5.41, 5.74) is 3.18. The molecule has 0 spiro atoms. The molecule has 2 saturated carbocycles. The third kappa shape index (κ3) is 0.524. The molecular weight excluding hydrogens is 184 g/mol. The molecule has 4 unspecified atom stereocenters. The molecule has 0 amide bonds. The van der Waals surface area contributed by atoms with E-state index >= 15 is 0 Å². The van der Waals surface area contributed by atoms with Crippen LogP contribution in [-0.2, 0) is 0 Å². The summed E-state index contributed by atoms with van der Waals surface area (Å²) in [6.45, 7) is 0. The van der Waals surface area contributed by atoms with Crippen LogP contribution < -0.4 is 0 Å². The number of nitriles is 2. The van der Waals surface area contributed by atoms with Gasteiger partial charge >= 0.3 is 0 Å². The lowest BCUT2D eigenvalue weighted by Gasteiger charge is -2.31. The normalized spacial score (nSPS) is 41.9. The van der Waals surface area contributed by atoms with E-state index < -0.39 is 0 Å². The Morgan fingerprint density at radius 2 is 2.20 bits per heavy atom. The third-order valence-electron chi connectivity index (χ3n) is 4.63. The van der Waals surface area contributed by atoms with Crippen molar-refractivity contribution in [2.24, 2.45) is 11.3 Å². The van der Waals surface area contributed by atoms with Gasteiger partial charge in [-0.2, -0.15) is 10.5 Å². The largest absolute Gasteiger partial charge is 0.198 e. The van der Waals surface area contributed by atoms with Gasteiger partial charge in [0.25, 0.3) is 0 Å². The van der Waals surface area contributed by atoms with Gasteiger partial charge in [0.2, 0.25) is 0 Å². The summed E-state index contributed by atoms with van der Waals surface area (Å²) in [5, 5.41) is 18.3. The molecule has 3 aliphatic carbocycles. The van der Waals surface area contributed by atoms with Crippen LogP contribution in [0.5, 0.6) is 0 Å². The van der Waals surface area contributed by atoms with E-state index in [1.165, 1.54) is 17.5 Å². The molecule has 0 heterocycles. The van der Waals surface area contributed by atoms with Gasteiger partial charge in [0.1, 0.15) is 0 Å². The van der Waals surface area contributed by atoms with Crippen molar-refractivity contribution in [2.75, 3.05) is 0 Å². The van der Waals surface area contributed by atoms with E-state index in [4.69, 9.17) is 5.26 Å². The highest BCUT2D eigenvalue weighted by Gasteiger charge is 2.81. The van der Waals surface area contributed by atoms with Crippen LogP contribution in [0.2, 0.25) is 0 Å². The van der Waals surface area contributed by atoms with E-state index in [0.717, 1.165) is 5.56 Å². The molecule has 0 saturated heterocycles. The Morgan fingerprint density at radius 1 is 1.33 bits per heavy atom. The second kappa shape index (κ2) is 1.92.